The monoisotopic (exact) mass is 294 g/mol. The number of guanidine groups is 1. The van der Waals surface area contributed by atoms with Gasteiger partial charge in [-0.15, -0.1) is 10.2 Å². The van der Waals surface area contributed by atoms with Gasteiger partial charge < -0.3 is 16.2 Å². The van der Waals surface area contributed by atoms with Crippen molar-refractivity contribution in [1.82, 2.24) is 0 Å². The Kier molecular flexibility index (Phi) is 5.31. The third-order valence-electron chi connectivity index (χ3n) is 2.89. The summed E-state index contributed by atoms with van der Waals surface area (Å²) >= 11 is 0. The third-order valence-corrected chi connectivity index (χ3v) is 2.89. The molecule has 0 aromatic heterocycles. The summed E-state index contributed by atoms with van der Waals surface area (Å²) < 4.78 is 5.15. The van der Waals surface area contributed by atoms with E-state index < -0.39 is 0 Å². The lowest BCUT2D eigenvalue weighted by Gasteiger charge is -2.03. The van der Waals surface area contributed by atoms with E-state index in [4.69, 9.17) is 16.2 Å². The Morgan fingerprint density at radius 1 is 0.955 bits per heavy atom. The van der Waals surface area contributed by atoms with Crippen LogP contribution >= 0.6 is 0 Å². The number of benzene rings is 2. The largest absolute Gasteiger partial charge is 0.497 e. The van der Waals surface area contributed by atoms with Crippen molar-refractivity contribution in [2.24, 2.45) is 21.7 Å². The van der Waals surface area contributed by atoms with E-state index in [-0.39, 0.29) is 5.96 Å². The van der Waals surface area contributed by atoms with Crippen LogP contribution in [0.1, 0.15) is 11.1 Å². The van der Waals surface area contributed by atoms with Gasteiger partial charge in [-0.25, -0.2) is 0 Å². The molecular formula is C17H18N4O. The first kappa shape index (κ1) is 15.3. The molecular weight excluding hydrogens is 276 g/mol. The van der Waals surface area contributed by atoms with Crippen LogP contribution in [0.2, 0.25) is 0 Å². The first-order chi connectivity index (χ1) is 10.7. The van der Waals surface area contributed by atoms with E-state index in [1.807, 2.05) is 66.7 Å². The van der Waals surface area contributed by atoms with Gasteiger partial charge in [0.15, 0.2) is 0 Å². The molecule has 112 valence electrons. The zero-order valence-electron chi connectivity index (χ0n) is 12.3. The molecule has 0 heterocycles. The lowest BCUT2D eigenvalue weighted by Crippen LogP contribution is -2.22. The van der Waals surface area contributed by atoms with E-state index in [2.05, 4.69) is 10.2 Å². The van der Waals surface area contributed by atoms with Gasteiger partial charge in [-0.2, -0.15) is 0 Å². The predicted octanol–water partition coefficient (Wildman–Crippen LogP) is 2.39. The molecule has 5 heteroatoms. The van der Waals surface area contributed by atoms with Crippen LogP contribution in [0.25, 0.3) is 6.08 Å². The van der Waals surface area contributed by atoms with Crippen LogP contribution in [0.15, 0.2) is 70.9 Å². The second-order valence-electron chi connectivity index (χ2n) is 4.48. The van der Waals surface area contributed by atoms with Crippen molar-refractivity contribution in [3.63, 3.8) is 0 Å². The summed E-state index contributed by atoms with van der Waals surface area (Å²) in [6.45, 7) is 0. The van der Waals surface area contributed by atoms with E-state index >= 15 is 0 Å². The van der Waals surface area contributed by atoms with Gasteiger partial charge in [0.1, 0.15) is 5.75 Å². The van der Waals surface area contributed by atoms with E-state index in [1.165, 1.54) is 0 Å². The van der Waals surface area contributed by atoms with Gasteiger partial charge in [0.25, 0.3) is 0 Å². The highest BCUT2D eigenvalue weighted by Crippen LogP contribution is 2.13. The topological polar surface area (TPSA) is 86.0 Å². The lowest BCUT2D eigenvalue weighted by molar-refractivity contribution is 0.415. The van der Waals surface area contributed by atoms with Gasteiger partial charge in [-0.05, 0) is 35.9 Å². The Balaban J connectivity index is 2.32. The first-order valence-corrected chi connectivity index (χ1v) is 6.73. The van der Waals surface area contributed by atoms with Crippen molar-refractivity contribution >= 4 is 17.7 Å². The summed E-state index contributed by atoms with van der Waals surface area (Å²) in [6.07, 6.45) is 3.81. The summed E-state index contributed by atoms with van der Waals surface area (Å²) in [5.74, 6) is 0.691. The molecule has 0 aliphatic carbocycles. The van der Waals surface area contributed by atoms with Gasteiger partial charge in [-0.3, -0.25) is 0 Å². The van der Waals surface area contributed by atoms with Crippen molar-refractivity contribution < 1.29 is 4.74 Å². The average molecular weight is 294 g/mol. The van der Waals surface area contributed by atoms with Gasteiger partial charge in [0.2, 0.25) is 5.96 Å². The van der Waals surface area contributed by atoms with Crippen molar-refractivity contribution in [2.45, 2.75) is 0 Å². The maximum absolute atomic E-state index is 5.35. The molecule has 2 aromatic rings. The zero-order chi connectivity index (χ0) is 15.8. The minimum absolute atomic E-state index is 0.0841. The molecule has 2 rings (SSSR count). The standard InChI is InChI=1S/C17H18N4O/c1-22-15-10-8-14(9-11-15)16(20-21-17(18)19)12-7-13-5-3-2-4-6-13/h2-12H,1H3,(H4,18,19,21)/b12-7+,20-16-. The molecule has 0 unspecified atom stereocenters. The Morgan fingerprint density at radius 2 is 1.64 bits per heavy atom. The van der Waals surface area contributed by atoms with Crippen LogP contribution in [-0.4, -0.2) is 18.8 Å². The highest BCUT2D eigenvalue weighted by atomic mass is 16.5. The Hall–Kier alpha value is -3.08. The molecule has 0 spiro atoms. The first-order valence-electron chi connectivity index (χ1n) is 6.73. The summed E-state index contributed by atoms with van der Waals surface area (Å²) in [7, 11) is 1.62. The van der Waals surface area contributed by atoms with Crippen LogP contribution in [-0.2, 0) is 0 Å². The smallest absolute Gasteiger partial charge is 0.211 e. The highest BCUT2D eigenvalue weighted by Gasteiger charge is 2.01. The summed E-state index contributed by atoms with van der Waals surface area (Å²) in [4.78, 5) is 0. The second-order valence-corrected chi connectivity index (χ2v) is 4.48. The van der Waals surface area contributed by atoms with Crippen LogP contribution in [0.5, 0.6) is 5.75 Å². The van der Waals surface area contributed by atoms with Crippen LogP contribution in [0.4, 0.5) is 0 Å². The molecule has 0 atom stereocenters. The van der Waals surface area contributed by atoms with Crippen LogP contribution in [0.3, 0.4) is 0 Å². The summed E-state index contributed by atoms with van der Waals surface area (Å²) in [5.41, 5.74) is 13.3. The van der Waals surface area contributed by atoms with Gasteiger partial charge in [0.05, 0.1) is 12.8 Å². The molecule has 2 aromatic carbocycles. The molecule has 5 nitrogen and oxygen atoms in total. The van der Waals surface area contributed by atoms with E-state index in [0.717, 1.165) is 16.9 Å². The minimum Gasteiger partial charge on any atom is -0.497 e. The molecule has 0 amide bonds. The number of ether oxygens (including phenoxy) is 1. The third kappa shape index (κ3) is 4.49. The molecule has 0 aliphatic rings. The van der Waals surface area contributed by atoms with Crippen molar-refractivity contribution in [3.8, 4) is 5.75 Å². The molecule has 0 aliphatic heterocycles. The molecule has 0 saturated carbocycles. The van der Waals surface area contributed by atoms with Crippen molar-refractivity contribution in [1.29, 1.82) is 0 Å². The average Bonchev–Trinajstić information content (AvgIpc) is 2.56. The molecule has 4 N–H and O–H groups in total. The Labute approximate surface area is 129 Å². The van der Waals surface area contributed by atoms with Crippen molar-refractivity contribution in [3.05, 3.63) is 71.8 Å². The predicted molar refractivity (Wildman–Crippen MR) is 90.8 cm³/mol. The van der Waals surface area contributed by atoms with Gasteiger partial charge in [0, 0.05) is 5.56 Å². The van der Waals surface area contributed by atoms with E-state index in [9.17, 15) is 0 Å². The van der Waals surface area contributed by atoms with Gasteiger partial charge >= 0.3 is 0 Å². The van der Waals surface area contributed by atoms with Gasteiger partial charge in [-0.1, -0.05) is 36.4 Å². The number of methoxy groups -OCH3 is 1. The number of allylic oxidation sites excluding steroid dienone is 1. The maximum Gasteiger partial charge on any atom is 0.211 e. The fourth-order valence-corrected chi connectivity index (χ4v) is 1.80. The SMILES string of the molecule is COc1ccc(C(/C=C/c2ccccc2)=N\N=C(N)N)cc1. The summed E-state index contributed by atoms with van der Waals surface area (Å²) in [6, 6.07) is 17.4. The van der Waals surface area contributed by atoms with E-state index in [1.54, 1.807) is 7.11 Å². The van der Waals surface area contributed by atoms with Crippen molar-refractivity contribution in [2.75, 3.05) is 7.11 Å². The number of hydrogen-bond donors (Lipinski definition) is 2. The quantitative estimate of drug-likeness (QED) is 0.504. The molecule has 0 radical (unpaired) electrons. The Bertz CT molecular complexity index is 684. The molecule has 0 saturated heterocycles. The van der Waals surface area contributed by atoms with E-state index in [0.29, 0.717) is 5.71 Å². The van der Waals surface area contributed by atoms with Crippen LogP contribution < -0.4 is 16.2 Å². The fourth-order valence-electron chi connectivity index (χ4n) is 1.80. The number of rotatable bonds is 5. The lowest BCUT2D eigenvalue weighted by atomic mass is 10.1. The zero-order valence-corrected chi connectivity index (χ0v) is 12.3. The highest BCUT2D eigenvalue weighted by molar-refractivity contribution is 6.10. The molecule has 22 heavy (non-hydrogen) atoms. The fraction of sp³-hybridized carbons (Fsp3) is 0.0588. The number of hydrogen-bond acceptors (Lipinski definition) is 3. The second kappa shape index (κ2) is 7.64. The normalized spacial score (nSPS) is 11.4. The Morgan fingerprint density at radius 3 is 2.23 bits per heavy atom. The number of nitrogens with zero attached hydrogens (tertiary/aromatic N) is 2. The molecule has 0 bridgehead atoms. The molecule has 0 fully saturated rings. The summed E-state index contributed by atoms with van der Waals surface area (Å²) in [5, 5.41) is 7.82. The minimum atomic E-state index is -0.0841. The maximum atomic E-state index is 5.35. The van der Waals surface area contributed by atoms with Crippen LogP contribution in [0, 0.1) is 0 Å². The number of nitrogens with two attached hydrogens (primary N) is 2.